The molecular formula is C25H17ClFNO3. The van der Waals surface area contributed by atoms with Crippen LogP contribution in [-0.4, -0.2) is 10.4 Å². The van der Waals surface area contributed by atoms with Crippen LogP contribution in [0, 0.1) is 5.82 Å². The van der Waals surface area contributed by atoms with Crippen LogP contribution in [0.25, 0.3) is 17.0 Å². The van der Waals surface area contributed by atoms with E-state index >= 15 is 0 Å². The normalized spacial score (nSPS) is 14.2. The molecule has 0 fully saturated rings. The second kappa shape index (κ2) is 7.60. The second-order valence-corrected chi connectivity index (χ2v) is 7.74. The number of aryl methyl sites for hydroxylation is 1. The van der Waals surface area contributed by atoms with Crippen LogP contribution < -0.4 is 9.47 Å². The van der Waals surface area contributed by atoms with E-state index < -0.39 is 5.82 Å². The highest BCUT2D eigenvalue weighted by Gasteiger charge is 2.28. The van der Waals surface area contributed by atoms with Crippen molar-refractivity contribution in [2.45, 2.75) is 6.61 Å². The maximum absolute atomic E-state index is 13.2. The van der Waals surface area contributed by atoms with Crippen molar-refractivity contribution in [2.24, 2.45) is 7.05 Å². The minimum atomic E-state index is -0.399. The molecule has 0 saturated heterocycles. The minimum Gasteiger partial charge on any atom is -0.489 e. The Morgan fingerprint density at radius 1 is 1.13 bits per heavy atom. The number of halogens is 2. The molecule has 6 heteroatoms. The fourth-order valence-electron chi connectivity index (χ4n) is 3.69. The van der Waals surface area contributed by atoms with Gasteiger partial charge in [0.25, 0.3) is 0 Å². The molecule has 5 rings (SSSR count). The molecule has 0 unspecified atom stereocenters. The van der Waals surface area contributed by atoms with Gasteiger partial charge in [-0.25, -0.2) is 4.39 Å². The van der Waals surface area contributed by atoms with Gasteiger partial charge < -0.3 is 14.0 Å². The Hall–Kier alpha value is -3.57. The second-order valence-electron chi connectivity index (χ2n) is 7.33. The first-order chi connectivity index (χ1) is 15.0. The van der Waals surface area contributed by atoms with Crippen LogP contribution in [0.4, 0.5) is 4.39 Å². The molecule has 1 aliphatic rings. The van der Waals surface area contributed by atoms with E-state index in [9.17, 15) is 9.18 Å². The number of carbonyl (C=O) groups is 1. The van der Waals surface area contributed by atoms with E-state index in [2.05, 4.69) is 0 Å². The summed E-state index contributed by atoms with van der Waals surface area (Å²) in [4.78, 5) is 12.8. The van der Waals surface area contributed by atoms with Crippen LogP contribution in [0.15, 0.2) is 72.6 Å². The standard InChI is InChI=1S/C25H17ClFNO3/c1-28-13-16(19-4-2-3-5-22(19)28)10-24-25(29)20-9-8-18(12-23(20)31-24)30-14-15-6-7-17(27)11-21(15)26/h2-13H,14H2,1H3/b24-10+. The summed E-state index contributed by atoms with van der Waals surface area (Å²) in [5.74, 6) is 0.669. The highest BCUT2D eigenvalue weighted by molar-refractivity contribution is 6.31. The van der Waals surface area contributed by atoms with Crippen molar-refractivity contribution in [1.82, 2.24) is 4.57 Å². The van der Waals surface area contributed by atoms with E-state index in [1.54, 1.807) is 30.3 Å². The maximum atomic E-state index is 13.2. The SMILES string of the molecule is Cn1cc(/C=C2/Oc3cc(OCc4ccc(F)cc4Cl)ccc3C2=O)c2ccccc21. The number of allylic oxidation sites excluding steroid dienone is 1. The van der Waals surface area contributed by atoms with E-state index in [0.717, 1.165) is 16.5 Å². The van der Waals surface area contributed by atoms with Gasteiger partial charge in [0, 0.05) is 41.3 Å². The third-order valence-corrected chi connectivity index (χ3v) is 5.62. The number of hydrogen-bond donors (Lipinski definition) is 0. The van der Waals surface area contributed by atoms with Gasteiger partial charge in [0.1, 0.15) is 23.9 Å². The van der Waals surface area contributed by atoms with Gasteiger partial charge in [-0.05, 0) is 36.4 Å². The number of aromatic nitrogens is 1. The Labute approximate surface area is 183 Å². The Morgan fingerprint density at radius 2 is 1.97 bits per heavy atom. The van der Waals surface area contributed by atoms with Crippen molar-refractivity contribution in [3.05, 3.63) is 100 Å². The molecule has 3 aromatic carbocycles. The van der Waals surface area contributed by atoms with Crippen LogP contribution in [0.1, 0.15) is 21.5 Å². The molecule has 0 spiro atoms. The summed E-state index contributed by atoms with van der Waals surface area (Å²) in [5.41, 5.74) is 3.14. The summed E-state index contributed by atoms with van der Waals surface area (Å²) >= 11 is 6.05. The Morgan fingerprint density at radius 3 is 2.81 bits per heavy atom. The highest BCUT2D eigenvalue weighted by atomic mass is 35.5. The molecule has 0 saturated carbocycles. The van der Waals surface area contributed by atoms with E-state index in [0.29, 0.717) is 27.6 Å². The minimum absolute atomic E-state index is 0.170. The van der Waals surface area contributed by atoms with Crippen LogP contribution in [0.2, 0.25) is 5.02 Å². The highest BCUT2D eigenvalue weighted by Crippen LogP contribution is 2.36. The third kappa shape index (κ3) is 3.57. The van der Waals surface area contributed by atoms with Crippen molar-refractivity contribution < 1.29 is 18.7 Å². The Balaban J connectivity index is 1.39. The van der Waals surface area contributed by atoms with Crippen LogP contribution in [0.3, 0.4) is 0 Å². The molecule has 0 amide bonds. The van der Waals surface area contributed by atoms with Gasteiger partial charge in [0.2, 0.25) is 5.78 Å². The molecule has 2 heterocycles. The molecule has 1 aliphatic heterocycles. The van der Waals surface area contributed by atoms with Gasteiger partial charge >= 0.3 is 0 Å². The zero-order valence-electron chi connectivity index (χ0n) is 16.6. The summed E-state index contributed by atoms with van der Waals surface area (Å²) in [7, 11) is 1.97. The molecule has 0 radical (unpaired) electrons. The lowest BCUT2D eigenvalue weighted by molar-refractivity contribution is 0.101. The number of rotatable bonds is 4. The number of ketones is 1. The first kappa shape index (κ1) is 19.4. The molecule has 0 aliphatic carbocycles. The number of Topliss-reactive ketones (excluding diaryl/α,β-unsaturated/α-hetero) is 1. The molecule has 0 atom stereocenters. The van der Waals surface area contributed by atoms with Crippen molar-refractivity contribution in [3.8, 4) is 11.5 Å². The quantitative estimate of drug-likeness (QED) is 0.361. The number of carbonyl (C=O) groups excluding carboxylic acids is 1. The molecule has 4 nitrogen and oxygen atoms in total. The number of benzene rings is 3. The molecule has 0 N–H and O–H groups in total. The molecule has 154 valence electrons. The van der Waals surface area contributed by atoms with Crippen molar-refractivity contribution in [1.29, 1.82) is 0 Å². The van der Waals surface area contributed by atoms with Crippen LogP contribution in [0.5, 0.6) is 11.5 Å². The molecule has 1 aromatic heterocycles. The summed E-state index contributed by atoms with van der Waals surface area (Å²) in [6.07, 6.45) is 3.74. The van der Waals surface area contributed by atoms with Crippen molar-refractivity contribution in [3.63, 3.8) is 0 Å². The first-order valence-electron chi connectivity index (χ1n) is 9.69. The fraction of sp³-hybridized carbons (Fsp3) is 0.0800. The topological polar surface area (TPSA) is 40.5 Å². The van der Waals surface area contributed by atoms with Crippen LogP contribution >= 0.6 is 11.6 Å². The average Bonchev–Trinajstić information content (AvgIpc) is 3.24. The molecular weight excluding hydrogens is 417 g/mol. The van der Waals surface area contributed by atoms with Gasteiger partial charge in [-0.2, -0.15) is 0 Å². The van der Waals surface area contributed by atoms with Gasteiger partial charge in [-0.3, -0.25) is 4.79 Å². The van der Waals surface area contributed by atoms with Crippen molar-refractivity contribution >= 4 is 34.4 Å². The number of nitrogens with zero attached hydrogens (tertiary/aromatic N) is 1. The maximum Gasteiger partial charge on any atom is 0.231 e. The lowest BCUT2D eigenvalue weighted by Crippen LogP contribution is -1.98. The number of ether oxygens (including phenoxy) is 2. The monoisotopic (exact) mass is 433 g/mol. The van der Waals surface area contributed by atoms with Gasteiger partial charge in [0.15, 0.2) is 5.76 Å². The number of fused-ring (bicyclic) bond motifs is 2. The summed E-state index contributed by atoms with van der Waals surface area (Å²) in [5, 5.41) is 1.35. The van der Waals surface area contributed by atoms with Gasteiger partial charge in [0.05, 0.1) is 10.6 Å². The zero-order valence-corrected chi connectivity index (χ0v) is 17.3. The third-order valence-electron chi connectivity index (χ3n) is 5.27. The Kier molecular flexibility index (Phi) is 4.75. The predicted octanol–water partition coefficient (Wildman–Crippen LogP) is 6.17. The summed E-state index contributed by atoms with van der Waals surface area (Å²) in [6.45, 7) is 0.171. The van der Waals surface area contributed by atoms with Gasteiger partial charge in [-0.15, -0.1) is 0 Å². The number of para-hydroxylation sites is 1. The molecule has 0 bridgehead atoms. The smallest absolute Gasteiger partial charge is 0.231 e. The Bertz CT molecular complexity index is 1370. The van der Waals surface area contributed by atoms with Gasteiger partial charge in [-0.1, -0.05) is 35.9 Å². The molecule has 31 heavy (non-hydrogen) atoms. The van der Waals surface area contributed by atoms with E-state index in [1.165, 1.54) is 12.1 Å². The zero-order chi connectivity index (χ0) is 21.5. The lowest BCUT2D eigenvalue weighted by Gasteiger charge is -2.08. The summed E-state index contributed by atoms with van der Waals surface area (Å²) < 4.78 is 26.8. The number of hydrogen-bond acceptors (Lipinski definition) is 3. The lowest BCUT2D eigenvalue weighted by atomic mass is 10.1. The fourth-order valence-corrected chi connectivity index (χ4v) is 3.91. The molecule has 4 aromatic rings. The summed E-state index contributed by atoms with van der Waals surface area (Å²) in [6, 6.07) is 17.2. The van der Waals surface area contributed by atoms with E-state index in [4.69, 9.17) is 21.1 Å². The van der Waals surface area contributed by atoms with E-state index in [-0.39, 0.29) is 18.1 Å². The largest absolute Gasteiger partial charge is 0.489 e. The average molecular weight is 434 g/mol. The predicted molar refractivity (Wildman–Crippen MR) is 118 cm³/mol. The van der Waals surface area contributed by atoms with Crippen LogP contribution in [-0.2, 0) is 13.7 Å². The van der Waals surface area contributed by atoms with E-state index in [1.807, 2.05) is 42.1 Å². The van der Waals surface area contributed by atoms with Crippen molar-refractivity contribution in [2.75, 3.05) is 0 Å². The first-order valence-corrected chi connectivity index (χ1v) is 10.1.